The fourth-order valence-electron chi connectivity index (χ4n) is 2.83. The molecule has 2 N–H and O–H groups in total. The van der Waals surface area contributed by atoms with E-state index in [0.717, 1.165) is 23.4 Å². The fraction of sp³-hybridized carbons (Fsp3) is 0.333. The number of carbonyl (C=O) groups is 2. The monoisotopic (exact) mass is 398 g/mol. The molecule has 2 aliphatic rings. The van der Waals surface area contributed by atoms with Crippen LogP contribution in [-0.2, 0) is 9.59 Å². The van der Waals surface area contributed by atoms with Gasteiger partial charge in [-0.25, -0.2) is 0 Å². The number of anilines is 2. The largest absolute Gasteiger partial charge is 0.486 e. The lowest BCUT2D eigenvalue weighted by atomic mass is 10.2. The summed E-state index contributed by atoms with van der Waals surface area (Å²) in [6.07, 6.45) is 1.96. The van der Waals surface area contributed by atoms with Crippen molar-refractivity contribution in [1.29, 1.82) is 0 Å². The van der Waals surface area contributed by atoms with E-state index in [1.807, 2.05) is 31.2 Å². The molecule has 2 aromatic rings. The molecule has 2 aromatic carbocycles. The SMILES string of the molecule is CC(Sc1ccc(NC(=O)C2CC2)cc1)C(=O)Nc1ccc2c(c1)OCCO2. The summed E-state index contributed by atoms with van der Waals surface area (Å²) in [5.41, 5.74) is 1.47. The minimum atomic E-state index is -0.278. The number of thioether (sulfide) groups is 1. The molecular formula is C21H22N2O4S. The van der Waals surface area contributed by atoms with Gasteiger partial charge in [0, 0.05) is 28.3 Å². The third-order valence-corrected chi connectivity index (χ3v) is 5.67. The highest BCUT2D eigenvalue weighted by Gasteiger charge is 2.29. The summed E-state index contributed by atoms with van der Waals surface area (Å²) < 4.78 is 11.0. The molecule has 0 saturated heterocycles. The summed E-state index contributed by atoms with van der Waals surface area (Å²) >= 11 is 1.47. The molecule has 1 atom stereocenters. The van der Waals surface area contributed by atoms with E-state index in [9.17, 15) is 9.59 Å². The molecular weight excluding hydrogens is 376 g/mol. The van der Waals surface area contributed by atoms with Gasteiger partial charge in [-0.3, -0.25) is 9.59 Å². The highest BCUT2D eigenvalue weighted by atomic mass is 32.2. The van der Waals surface area contributed by atoms with Crippen molar-refractivity contribution in [3.63, 3.8) is 0 Å². The van der Waals surface area contributed by atoms with Gasteiger partial charge in [-0.15, -0.1) is 11.8 Å². The predicted octanol–water partition coefficient (Wildman–Crippen LogP) is 3.93. The van der Waals surface area contributed by atoms with Crippen molar-refractivity contribution in [2.24, 2.45) is 5.92 Å². The zero-order valence-corrected chi connectivity index (χ0v) is 16.4. The Hall–Kier alpha value is -2.67. The lowest BCUT2D eigenvalue weighted by Crippen LogP contribution is -2.22. The first-order valence-electron chi connectivity index (χ1n) is 9.36. The van der Waals surface area contributed by atoms with Crippen LogP contribution in [-0.4, -0.2) is 30.3 Å². The number of hydrogen-bond acceptors (Lipinski definition) is 5. The Balaban J connectivity index is 1.32. The Kier molecular flexibility index (Phi) is 5.43. The molecule has 0 radical (unpaired) electrons. The van der Waals surface area contributed by atoms with Crippen LogP contribution in [0.15, 0.2) is 47.4 Å². The normalized spacial score (nSPS) is 16.2. The summed E-state index contributed by atoms with van der Waals surface area (Å²) in [5, 5.41) is 5.55. The molecule has 2 amide bonds. The molecule has 146 valence electrons. The van der Waals surface area contributed by atoms with E-state index >= 15 is 0 Å². The third kappa shape index (κ3) is 4.59. The number of ether oxygens (including phenoxy) is 2. The maximum Gasteiger partial charge on any atom is 0.237 e. The van der Waals surface area contributed by atoms with Crippen molar-refractivity contribution in [2.45, 2.75) is 29.9 Å². The molecule has 1 saturated carbocycles. The average Bonchev–Trinajstić information content (AvgIpc) is 3.55. The van der Waals surface area contributed by atoms with Gasteiger partial charge in [0.1, 0.15) is 13.2 Å². The van der Waals surface area contributed by atoms with Crippen LogP contribution in [0.3, 0.4) is 0 Å². The first-order valence-corrected chi connectivity index (χ1v) is 10.2. The molecule has 0 bridgehead atoms. The standard InChI is InChI=1S/C21H22N2O4S/c1-13(20(24)23-16-6-9-18-19(12-16)27-11-10-26-18)28-17-7-4-15(5-8-17)22-21(25)14-2-3-14/h4-9,12-14H,2-3,10-11H2,1H3,(H,22,25)(H,23,24). The summed E-state index contributed by atoms with van der Waals surface area (Å²) in [4.78, 5) is 25.3. The van der Waals surface area contributed by atoms with Crippen molar-refractivity contribution in [1.82, 2.24) is 0 Å². The maximum atomic E-state index is 12.5. The van der Waals surface area contributed by atoms with Gasteiger partial charge in [0.05, 0.1) is 5.25 Å². The summed E-state index contributed by atoms with van der Waals surface area (Å²) in [6, 6.07) is 13.0. The number of rotatable bonds is 6. The molecule has 1 unspecified atom stereocenters. The number of amides is 2. The van der Waals surface area contributed by atoms with Crippen molar-refractivity contribution in [3.8, 4) is 11.5 Å². The van der Waals surface area contributed by atoms with E-state index in [1.165, 1.54) is 11.8 Å². The van der Waals surface area contributed by atoms with Crippen LogP contribution in [0.1, 0.15) is 19.8 Å². The first-order chi connectivity index (χ1) is 13.6. The number of benzene rings is 2. The lowest BCUT2D eigenvalue weighted by molar-refractivity contribution is -0.117. The van der Waals surface area contributed by atoms with Crippen molar-refractivity contribution in [3.05, 3.63) is 42.5 Å². The van der Waals surface area contributed by atoms with E-state index in [0.29, 0.717) is 30.4 Å². The van der Waals surface area contributed by atoms with Crippen LogP contribution in [0.25, 0.3) is 0 Å². The van der Waals surface area contributed by atoms with Gasteiger partial charge in [-0.1, -0.05) is 0 Å². The minimum Gasteiger partial charge on any atom is -0.486 e. The van der Waals surface area contributed by atoms with Gasteiger partial charge >= 0.3 is 0 Å². The molecule has 6 nitrogen and oxygen atoms in total. The molecule has 0 aromatic heterocycles. The van der Waals surface area contributed by atoms with E-state index in [2.05, 4.69) is 10.6 Å². The van der Waals surface area contributed by atoms with Crippen molar-refractivity contribution < 1.29 is 19.1 Å². The van der Waals surface area contributed by atoms with Gasteiger partial charge in [0.25, 0.3) is 0 Å². The second kappa shape index (κ2) is 8.14. The summed E-state index contributed by atoms with van der Waals surface area (Å²) in [5.74, 6) is 1.52. The zero-order chi connectivity index (χ0) is 19.5. The molecule has 7 heteroatoms. The van der Waals surface area contributed by atoms with E-state index in [1.54, 1.807) is 18.2 Å². The topological polar surface area (TPSA) is 76.7 Å². The summed E-state index contributed by atoms with van der Waals surface area (Å²) in [7, 11) is 0. The second-order valence-corrected chi connectivity index (χ2v) is 8.31. The van der Waals surface area contributed by atoms with Gasteiger partial charge in [0.2, 0.25) is 11.8 Å². The second-order valence-electron chi connectivity index (χ2n) is 6.90. The zero-order valence-electron chi connectivity index (χ0n) is 15.6. The van der Waals surface area contributed by atoms with Crippen LogP contribution in [0.2, 0.25) is 0 Å². The van der Waals surface area contributed by atoms with Gasteiger partial charge < -0.3 is 20.1 Å². The van der Waals surface area contributed by atoms with Crippen LogP contribution >= 0.6 is 11.8 Å². The van der Waals surface area contributed by atoms with E-state index in [4.69, 9.17) is 9.47 Å². The van der Waals surface area contributed by atoms with E-state index < -0.39 is 0 Å². The Labute approximate surface area is 168 Å². The Morgan fingerprint density at radius 1 is 0.964 bits per heavy atom. The lowest BCUT2D eigenvalue weighted by Gasteiger charge is -2.19. The number of nitrogens with one attached hydrogen (secondary N) is 2. The first kappa shape index (κ1) is 18.7. The van der Waals surface area contributed by atoms with Gasteiger partial charge in [-0.2, -0.15) is 0 Å². The number of fused-ring (bicyclic) bond motifs is 1. The quantitative estimate of drug-likeness (QED) is 0.721. The third-order valence-electron chi connectivity index (χ3n) is 4.56. The van der Waals surface area contributed by atoms with Crippen molar-refractivity contribution in [2.75, 3.05) is 23.8 Å². The fourth-order valence-corrected chi connectivity index (χ4v) is 3.70. The molecule has 28 heavy (non-hydrogen) atoms. The van der Waals surface area contributed by atoms with Crippen molar-refractivity contribution >= 4 is 35.0 Å². The number of carbonyl (C=O) groups excluding carboxylic acids is 2. The molecule has 0 spiro atoms. The predicted molar refractivity (Wildman–Crippen MR) is 109 cm³/mol. The Bertz CT molecular complexity index is 880. The molecule has 1 aliphatic heterocycles. The van der Waals surface area contributed by atoms with Crippen LogP contribution in [0.5, 0.6) is 11.5 Å². The molecule has 4 rings (SSSR count). The molecule has 1 heterocycles. The smallest absolute Gasteiger partial charge is 0.237 e. The molecule has 1 fully saturated rings. The van der Waals surface area contributed by atoms with Crippen LogP contribution in [0, 0.1) is 5.92 Å². The van der Waals surface area contributed by atoms with Crippen LogP contribution < -0.4 is 20.1 Å². The summed E-state index contributed by atoms with van der Waals surface area (Å²) in [6.45, 7) is 2.91. The molecule has 1 aliphatic carbocycles. The van der Waals surface area contributed by atoms with Gasteiger partial charge in [0.15, 0.2) is 11.5 Å². The average molecular weight is 398 g/mol. The highest BCUT2D eigenvalue weighted by Crippen LogP contribution is 2.33. The van der Waals surface area contributed by atoms with E-state index in [-0.39, 0.29) is 23.0 Å². The van der Waals surface area contributed by atoms with Gasteiger partial charge in [-0.05, 0) is 56.2 Å². The van der Waals surface area contributed by atoms with Crippen LogP contribution in [0.4, 0.5) is 11.4 Å². The number of hydrogen-bond donors (Lipinski definition) is 2. The Morgan fingerprint density at radius 2 is 1.64 bits per heavy atom. The highest BCUT2D eigenvalue weighted by molar-refractivity contribution is 8.00. The Morgan fingerprint density at radius 3 is 2.36 bits per heavy atom. The minimum absolute atomic E-state index is 0.0900. The maximum absolute atomic E-state index is 12.5.